The van der Waals surface area contributed by atoms with Gasteiger partial charge in [-0.15, -0.1) is 13.2 Å². The van der Waals surface area contributed by atoms with Gasteiger partial charge in [0.25, 0.3) is 0 Å². The van der Waals surface area contributed by atoms with E-state index in [-0.39, 0.29) is 17.2 Å². The van der Waals surface area contributed by atoms with Gasteiger partial charge in [-0.1, -0.05) is 20.3 Å². The Bertz CT molecular complexity index is 1200. The number of nitrogens with one attached hydrogen (secondary N) is 1. The Balaban J connectivity index is 1.76. The number of benzene rings is 2. The number of esters is 1. The molecule has 1 unspecified atom stereocenters. The van der Waals surface area contributed by atoms with Crippen molar-refractivity contribution < 1.29 is 27.4 Å². The zero-order valence-electron chi connectivity index (χ0n) is 19.6. The van der Waals surface area contributed by atoms with Crippen LogP contribution in [-0.4, -0.2) is 29.0 Å². The van der Waals surface area contributed by atoms with Crippen molar-refractivity contribution in [3.8, 4) is 5.75 Å². The van der Waals surface area contributed by atoms with Crippen LogP contribution < -0.4 is 10.1 Å². The van der Waals surface area contributed by atoms with E-state index < -0.39 is 12.3 Å². The van der Waals surface area contributed by atoms with Crippen LogP contribution in [0.1, 0.15) is 61.5 Å². The summed E-state index contributed by atoms with van der Waals surface area (Å²) in [6.45, 7) is 6.35. The first-order valence-corrected chi connectivity index (χ1v) is 11.2. The van der Waals surface area contributed by atoms with Crippen LogP contribution in [0, 0.1) is 12.3 Å². The number of hydrogen-bond acceptors (Lipinski definition) is 5. The van der Waals surface area contributed by atoms with Crippen LogP contribution in [0.5, 0.6) is 5.75 Å². The number of aryl methyl sites for hydroxylation is 1. The molecule has 34 heavy (non-hydrogen) atoms. The fraction of sp³-hybridized carbons (Fsp3) is 0.440. The maximum Gasteiger partial charge on any atom is 0.573 e. The van der Waals surface area contributed by atoms with Gasteiger partial charge in [-0.3, -0.25) is 0 Å². The second-order valence-electron chi connectivity index (χ2n) is 9.51. The van der Waals surface area contributed by atoms with Crippen molar-refractivity contribution in [3.05, 3.63) is 47.5 Å². The Morgan fingerprint density at radius 3 is 2.50 bits per heavy atom. The third-order valence-corrected chi connectivity index (χ3v) is 6.41. The molecule has 1 N–H and O–H groups in total. The third-order valence-electron chi connectivity index (χ3n) is 6.41. The maximum atomic E-state index is 12.5. The van der Waals surface area contributed by atoms with E-state index in [0.717, 1.165) is 36.8 Å². The summed E-state index contributed by atoms with van der Waals surface area (Å²) in [4.78, 5) is 17.0. The first kappa shape index (κ1) is 23.9. The lowest BCUT2D eigenvalue weighted by Crippen LogP contribution is -2.25. The van der Waals surface area contributed by atoms with Gasteiger partial charge in [0.2, 0.25) is 5.95 Å². The van der Waals surface area contributed by atoms with Crippen LogP contribution in [0.3, 0.4) is 0 Å². The quantitative estimate of drug-likeness (QED) is 0.406. The lowest BCUT2D eigenvalue weighted by atomic mass is 9.75. The monoisotopic (exact) mass is 475 g/mol. The summed E-state index contributed by atoms with van der Waals surface area (Å²) in [6, 6.07) is 9.37. The molecule has 1 fully saturated rings. The van der Waals surface area contributed by atoms with E-state index >= 15 is 0 Å². The van der Waals surface area contributed by atoms with E-state index in [1.54, 1.807) is 6.07 Å². The van der Waals surface area contributed by atoms with E-state index in [9.17, 15) is 18.0 Å². The molecule has 1 aliphatic carbocycles. The van der Waals surface area contributed by atoms with Crippen molar-refractivity contribution in [3.63, 3.8) is 0 Å². The number of rotatable bonds is 5. The van der Waals surface area contributed by atoms with Gasteiger partial charge < -0.3 is 19.4 Å². The number of carbonyl (C=O) groups excluding carboxylic acids is 1. The molecule has 0 bridgehead atoms. The highest BCUT2D eigenvalue weighted by molar-refractivity contribution is 5.97. The number of alkyl halides is 3. The zero-order valence-corrected chi connectivity index (χ0v) is 19.6. The van der Waals surface area contributed by atoms with Gasteiger partial charge in [0.05, 0.1) is 23.7 Å². The van der Waals surface area contributed by atoms with Crippen molar-refractivity contribution in [2.45, 2.75) is 58.9 Å². The average molecular weight is 476 g/mol. The standard InChI is InChI=1S/C25H28F3N3O3/c1-15-19(22(32)33-4)11-12-20-21(15)30-23(31(20)17-6-5-13-24(2,3)14-17)29-16-7-9-18(10-8-16)34-25(26,27)28/h7-12,17H,5-6,13-14H2,1-4H3,(H,29,30). The molecule has 1 heterocycles. The van der Waals surface area contributed by atoms with Gasteiger partial charge in [0.15, 0.2) is 0 Å². The van der Waals surface area contributed by atoms with Crippen molar-refractivity contribution in [1.29, 1.82) is 0 Å². The van der Waals surface area contributed by atoms with Crippen LogP contribution in [0.2, 0.25) is 0 Å². The average Bonchev–Trinajstić information content (AvgIpc) is 3.12. The van der Waals surface area contributed by atoms with E-state index in [4.69, 9.17) is 9.72 Å². The topological polar surface area (TPSA) is 65.4 Å². The fourth-order valence-corrected chi connectivity index (χ4v) is 4.83. The second-order valence-corrected chi connectivity index (χ2v) is 9.51. The van der Waals surface area contributed by atoms with Crippen LogP contribution in [0.15, 0.2) is 36.4 Å². The second kappa shape index (κ2) is 8.85. The molecule has 1 atom stereocenters. The Hall–Kier alpha value is -3.23. The molecular weight excluding hydrogens is 447 g/mol. The summed E-state index contributed by atoms with van der Waals surface area (Å²) in [6.07, 6.45) is -0.570. The number of fused-ring (bicyclic) bond motifs is 1. The summed E-state index contributed by atoms with van der Waals surface area (Å²) >= 11 is 0. The molecule has 0 saturated heterocycles. The van der Waals surface area contributed by atoms with Crippen LogP contribution >= 0.6 is 0 Å². The number of ether oxygens (including phenoxy) is 2. The van der Waals surface area contributed by atoms with Crippen LogP contribution in [0.25, 0.3) is 11.0 Å². The van der Waals surface area contributed by atoms with Crippen molar-refractivity contribution in [2.75, 3.05) is 12.4 Å². The molecule has 6 nitrogen and oxygen atoms in total. The number of anilines is 2. The maximum absolute atomic E-state index is 12.5. The molecule has 3 aromatic rings. The molecule has 2 aromatic carbocycles. The SMILES string of the molecule is COC(=O)c1ccc2c(nc(Nc3ccc(OC(F)(F)F)cc3)n2C2CCCC(C)(C)C2)c1C. The molecule has 4 rings (SSSR count). The molecule has 0 amide bonds. The highest BCUT2D eigenvalue weighted by Gasteiger charge is 2.32. The minimum absolute atomic E-state index is 0.175. The molecule has 182 valence electrons. The number of nitrogens with zero attached hydrogens (tertiary/aromatic N) is 2. The zero-order chi connectivity index (χ0) is 24.7. The molecule has 0 aliphatic heterocycles. The minimum Gasteiger partial charge on any atom is -0.465 e. The smallest absolute Gasteiger partial charge is 0.465 e. The number of hydrogen-bond donors (Lipinski definition) is 1. The Morgan fingerprint density at radius 2 is 1.88 bits per heavy atom. The summed E-state index contributed by atoms with van der Waals surface area (Å²) < 4.78 is 48.5. The molecule has 0 radical (unpaired) electrons. The number of imidazole rings is 1. The predicted molar refractivity (Wildman–Crippen MR) is 124 cm³/mol. The van der Waals surface area contributed by atoms with Gasteiger partial charge in [0, 0.05) is 11.7 Å². The summed E-state index contributed by atoms with van der Waals surface area (Å²) in [7, 11) is 1.34. The van der Waals surface area contributed by atoms with Gasteiger partial charge in [-0.2, -0.15) is 0 Å². The van der Waals surface area contributed by atoms with E-state index in [1.165, 1.54) is 31.4 Å². The van der Waals surface area contributed by atoms with Crippen molar-refractivity contribution >= 4 is 28.6 Å². The van der Waals surface area contributed by atoms with E-state index in [0.29, 0.717) is 22.7 Å². The number of carbonyl (C=O) groups is 1. The Morgan fingerprint density at radius 1 is 1.18 bits per heavy atom. The van der Waals surface area contributed by atoms with E-state index in [1.807, 2.05) is 13.0 Å². The summed E-state index contributed by atoms with van der Waals surface area (Å²) in [5.74, 6) is -0.144. The van der Waals surface area contributed by atoms with Gasteiger partial charge in [-0.25, -0.2) is 9.78 Å². The van der Waals surface area contributed by atoms with Gasteiger partial charge in [0.1, 0.15) is 5.75 Å². The molecule has 9 heteroatoms. The summed E-state index contributed by atoms with van der Waals surface area (Å²) in [5.41, 5.74) is 3.50. The summed E-state index contributed by atoms with van der Waals surface area (Å²) in [5, 5.41) is 3.27. The third kappa shape index (κ3) is 4.98. The molecular formula is C25H28F3N3O3. The number of aromatic nitrogens is 2. The number of methoxy groups -OCH3 is 1. The van der Waals surface area contributed by atoms with Crippen molar-refractivity contribution in [1.82, 2.24) is 9.55 Å². The highest BCUT2D eigenvalue weighted by Crippen LogP contribution is 2.44. The fourth-order valence-electron chi connectivity index (χ4n) is 4.83. The Kier molecular flexibility index (Phi) is 6.22. The largest absolute Gasteiger partial charge is 0.573 e. The lowest BCUT2D eigenvalue weighted by Gasteiger charge is -2.36. The normalized spacial score (nSPS) is 18.0. The molecule has 1 aromatic heterocycles. The lowest BCUT2D eigenvalue weighted by molar-refractivity contribution is -0.274. The first-order chi connectivity index (χ1) is 16.0. The first-order valence-electron chi connectivity index (χ1n) is 11.2. The highest BCUT2D eigenvalue weighted by atomic mass is 19.4. The van der Waals surface area contributed by atoms with Crippen molar-refractivity contribution in [2.24, 2.45) is 5.41 Å². The predicted octanol–water partition coefficient (Wildman–Crippen LogP) is 6.91. The van der Waals surface area contributed by atoms with Crippen LogP contribution in [0.4, 0.5) is 24.8 Å². The molecule has 0 spiro atoms. The number of halogens is 3. The van der Waals surface area contributed by atoms with Crippen LogP contribution in [-0.2, 0) is 4.74 Å². The van der Waals surface area contributed by atoms with Gasteiger partial charge in [-0.05, 0) is 73.6 Å². The molecule has 1 saturated carbocycles. The van der Waals surface area contributed by atoms with E-state index in [2.05, 4.69) is 28.5 Å². The Labute approximate surface area is 196 Å². The van der Waals surface area contributed by atoms with Gasteiger partial charge >= 0.3 is 12.3 Å². The molecule has 1 aliphatic rings. The minimum atomic E-state index is -4.74.